The number of nitrogens with one attached hydrogen (secondary N) is 1. The minimum Gasteiger partial charge on any atom is -0.355 e. The molecule has 6 nitrogen and oxygen atoms in total. The normalized spacial score (nSPS) is 29.7. The molecule has 152 valence electrons. The van der Waals surface area contributed by atoms with Crippen molar-refractivity contribution in [1.82, 2.24) is 24.9 Å². The van der Waals surface area contributed by atoms with Crippen LogP contribution in [0.2, 0.25) is 0 Å². The molecule has 0 spiro atoms. The van der Waals surface area contributed by atoms with Crippen LogP contribution in [0.3, 0.4) is 0 Å². The number of guanidine groups is 1. The fraction of sp³-hybridized carbons (Fsp3) is 0.947. The van der Waals surface area contributed by atoms with Crippen molar-refractivity contribution in [2.45, 2.75) is 31.7 Å². The van der Waals surface area contributed by atoms with Gasteiger partial charge in [0.25, 0.3) is 0 Å². The zero-order valence-corrected chi connectivity index (χ0v) is 19.3. The van der Waals surface area contributed by atoms with E-state index in [1.54, 1.807) is 0 Å². The van der Waals surface area contributed by atoms with Crippen LogP contribution in [-0.2, 0) is 0 Å². The van der Waals surface area contributed by atoms with Crippen LogP contribution in [0.1, 0.15) is 25.7 Å². The first kappa shape index (κ1) is 22.2. The van der Waals surface area contributed by atoms with Crippen molar-refractivity contribution in [1.29, 1.82) is 0 Å². The molecule has 0 saturated carbocycles. The van der Waals surface area contributed by atoms with Crippen LogP contribution in [0.4, 0.5) is 0 Å². The lowest BCUT2D eigenvalue weighted by Crippen LogP contribution is -2.55. The second-order valence-electron chi connectivity index (χ2n) is 8.29. The molecule has 3 heterocycles. The van der Waals surface area contributed by atoms with Crippen molar-refractivity contribution < 1.29 is 0 Å². The second kappa shape index (κ2) is 11.0. The standard InChI is InChI=1S/C19H38N6.HI/c1-20-19(21-13-18-16-22(2)11-12-23(18)3)25-10-7-17(15-25)14-24-8-5-4-6-9-24;/h17-18H,4-16H2,1-3H3,(H,20,21);1H. The van der Waals surface area contributed by atoms with Crippen molar-refractivity contribution in [2.75, 3.05) is 80.0 Å². The summed E-state index contributed by atoms with van der Waals surface area (Å²) in [5.74, 6) is 1.91. The first-order valence-corrected chi connectivity index (χ1v) is 10.2. The fourth-order valence-corrected chi connectivity index (χ4v) is 4.54. The SMILES string of the molecule is CN=C(NCC1CN(C)CCN1C)N1CCC(CN2CCCCC2)C1.I. The molecule has 1 N–H and O–H groups in total. The third-order valence-electron chi connectivity index (χ3n) is 6.24. The van der Waals surface area contributed by atoms with E-state index in [1.807, 2.05) is 7.05 Å². The van der Waals surface area contributed by atoms with Gasteiger partial charge in [0.1, 0.15) is 0 Å². The lowest BCUT2D eigenvalue weighted by atomic mass is 10.1. The first-order chi connectivity index (χ1) is 12.2. The van der Waals surface area contributed by atoms with Gasteiger partial charge in [-0.05, 0) is 52.4 Å². The summed E-state index contributed by atoms with van der Waals surface area (Å²) in [4.78, 5) is 14.6. The molecule has 0 bridgehead atoms. The third kappa shape index (κ3) is 6.21. The second-order valence-corrected chi connectivity index (χ2v) is 8.29. The van der Waals surface area contributed by atoms with Crippen molar-refractivity contribution in [3.63, 3.8) is 0 Å². The minimum absolute atomic E-state index is 0. The molecule has 0 aliphatic carbocycles. The van der Waals surface area contributed by atoms with E-state index in [4.69, 9.17) is 0 Å². The van der Waals surface area contributed by atoms with E-state index in [-0.39, 0.29) is 24.0 Å². The van der Waals surface area contributed by atoms with Gasteiger partial charge in [-0.1, -0.05) is 6.42 Å². The molecule has 0 aromatic rings. The Hall–Kier alpha value is -0.120. The largest absolute Gasteiger partial charge is 0.355 e. The summed E-state index contributed by atoms with van der Waals surface area (Å²) in [6, 6.07) is 0.572. The molecule has 0 amide bonds. The fourth-order valence-electron chi connectivity index (χ4n) is 4.54. The third-order valence-corrected chi connectivity index (χ3v) is 6.24. The number of hydrogen-bond donors (Lipinski definition) is 1. The maximum absolute atomic E-state index is 4.57. The van der Waals surface area contributed by atoms with E-state index in [2.05, 4.69) is 44.0 Å². The molecular formula is C19H39IN6. The van der Waals surface area contributed by atoms with Gasteiger partial charge in [0, 0.05) is 58.9 Å². The predicted molar refractivity (Wildman–Crippen MR) is 121 cm³/mol. The summed E-state index contributed by atoms with van der Waals surface area (Å²) in [6.45, 7) is 10.7. The van der Waals surface area contributed by atoms with E-state index >= 15 is 0 Å². The monoisotopic (exact) mass is 478 g/mol. The van der Waals surface area contributed by atoms with E-state index in [1.165, 1.54) is 51.9 Å². The highest BCUT2D eigenvalue weighted by Crippen LogP contribution is 2.20. The molecule has 3 aliphatic heterocycles. The Kier molecular flexibility index (Phi) is 9.40. The number of likely N-dealkylation sites (tertiary alicyclic amines) is 2. The van der Waals surface area contributed by atoms with E-state index in [0.29, 0.717) is 6.04 Å². The molecule has 3 fully saturated rings. The predicted octanol–water partition coefficient (Wildman–Crippen LogP) is 1.23. The van der Waals surface area contributed by atoms with Crippen molar-refractivity contribution in [3.8, 4) is 0 Å². The molecule has 26 heavy (non-hydrogen) atoms. The van der Waals surface area contributed by atoms with Gasteiger partial charge in [-0.15, -0.1) is 24.0 Å². The number of piperidine rings is 1. The number of rotatable bonds is 4. The van der Waals surface area contributed by atoms with Gasteiger partial charge >= 0.3 is 0 Å². The topological polar surface area (TPSA) is 37.4 Å². The van der Waals surface area contributed by atoms with Gasteiger partial charge in [0.05, 0.1) is 0 Å². The number of aliphatic imine (C=N–C) groups is 1. The number of nitrogens with zero attached hydrogens (tertiary/aromatic N) is 5. The lowest BCUT2D eigenvalue weighted by molar-refractivity contribution is 0.116. The highest BCUT2D eigenvalue weighted by atomic mass is 127. The molecule has 3 aliphatic rings. The van der Waals surface area contributed by atoms with Crippen LogP contribution in [0.5, 0.6) is 0 Å². The Labute approximate surface area is 177 Å². The maximum Gasteiger partial charge on any atom is 0.193 e. The highest BCUT2D eigenvalue weighted by molar-refractivity contribution is 14.0. The van der Waals surface area contributed by atoms with Gasteiger partial charge in [0.2, 0.25) is 0 Å². The van der Waals surface area contributed by atoms with Gasteiger partial charge in [-0.3, -0.25) is 9.89 Å². The Morgan fingerprint density at radius 3 is 2.50 bits per heavy atom. The van der Waals surface area contributed by atoms with Gasteiger partial charge in [-0.25, -0.2) is 0 Å². The quantitative estimate of drug-likeness (QED) is 0.374. The molecule has 3 saturated heterocycles. The molecule has 2 atom stereocenters. The number of hydrogen-bond acceptors (Lipinski definition) is 4. The average Bonchev–Trinajstić information content (AvgIpc) is 3.07. The smallest absolute Gasteiger partial charge is 0.193 e. The van der Waals surface area contributed by atoms with Crippen molar-refractivity contribution >= 4 is 29.9 Å². The van der Waals surface area contributed by atoms with Crippen LogP contribution in [0.25, 0.3) is 0 Å². The molecular weight excluding hydrogens is 439 g/mol. The Balaban J connectivity index is 0.00000243. The van der Waals surface area contributed by atoms with Crippen LogP contribution in [0.15, 0.2) is 4.99 Å². The summed E-state index contributed by atoms with van der Waals surface area (Å²) >= 11 is 0. The Morgan fingerprint density at radius 1 is 1.00 bits per heavy atom. The number of halogens is 1. The number of piperazine rings is 1. The van der Waals surface area contributed by atoms with E-state index < -0.39 is 0 Å². The molecule has 0 aromatic carbocycles. The number of likely N-dealkylation sites (N-methyl/N-ethyl adjacent to an activating group) is 2. The summed E-state index contributed by atoms with van der Waals surface area (Å²) in [7, 11) is 6.39. The Morgan fingerprint density at radius 2 is 1.77 bits per heavy atom. The van der Waals surface area contributed by atoms with E-state index in [9.17, 15) is 0 Å². The maximum atomic E-state index is 4.57. The van der Waals surface area contributed by atoms with Crippen LogP contribution >= 0.6 is 24.0 Å². The average molecular weight is 478 g/mol. The summed E-state index contributed by atoms with van der Waals surface area (Å²) in [5, 5.41) is 3.65. The van der Waals surface area contributed by atoms with Gasteiger partial charge in [-0.2, -0.15) is 0 Å². The highest BCUT2D eigenvalue weighted by Gasteiger charge is 2.28. The lowest BCUT2D eigenvalue weighted by Gasteiger charge is -2.38. The summed E-state index contributed by atoms with van der Waals surface area (Å²) < 4.78 is 0. The van der Waals surface area contributed by atoms with Crippen molar-refractivity contribution in [2.24, 2.45) is 10.9 Å². The van der Waals surface area contributed by atoms with E-state index in [0.717, 1.165) is 44.6 Å². The van der Waals surface area contributed by atoms with Gasteiger partial charge in [0.15, 0.2) is 5.96 Å². The molecule has 2 unspecified atom stereocenters. The minimum atomic E-state index is 0. The zero-order valence-electron chi connectivity index (χ0n) is 17.0. The van der Waals surface area contributed by atoms with Crippen molar-refractivity contribution in [3.05, 3.63) is 0 Å². The van der Waals surface area contributed by atoms with Gasteiger partial charge < -0.3 is 20.0 Å². The molecule has 0 radical (unpaired) electrons. The molecule has 7 heteroatoms. The summed E-state index contributed by atoms with van der Waals surface area (Å²) in [6.07, 6.45) is 5.52. The van der Waals surface area contributed by atoms with Crippen LogP contribution < -0.4 is 5.32 Å². The van der Waals surface area contributed by atoms with Crippen LogP contribution in [0, 0.1) is 5.92 Å². The first-order valence-electron chi connectivity index (χ1n) is 10.2. The Bertz CT molecular complexity index is 440. The van der Waals surface area contributed by atoms with Crippen LogP contribution in [-0.4, -0.2) is 112 Å². The zero-order chi connectivity index (χ0) is 17.6. The summed E-state index contributed by atoms with van der Waals surface area (Å²) in [5.41, 5.74) is 0. The molecule has 3 rings (SSSR count). The molecule has 0 aromatic heterocycles.